The van der Waals surface area contributed by atoms with Gasteiger partial charge in [-0.2, -0.15) is 0 Å². The van der Waals surface area contributed by atoms with Crippen LogP contribution in [0.1, 0.15) is 45.4 Å². The second kappa shape index (κ2) is 28.4. The van der Waals surface area contributed by atoms with E-state index in [9.17, 15) is 70.9 Å². The number of aliphatic imine (C=N–C) groups is 3. The lowest BCUT2D eigenvalue weighted by molar-refractivity contribution is -0.205. The predicted octanol–water partition coefficient (Wildman–Crippen LogP) is -6.56. The second-order valence-electron chi connectivity index (χ2n) is 15.6. The van der Waals surface area contributed by atoms with Crippen LogP contribution in [-0.4, -0.2) is 242 Å². The molecule has 3 aliphatic rings. The average Bonchev–Trinajstić information content (AvgIpc) is 3.27. The van der Waals surface area contributed by atoms with E-state index >= 15 is 0 Å². The highest BCUT2D eigenvalue weighted by molar-refractivity contribution is 8.00. The summed E-state index contributed by atoms with van der Waals surface area (Å²) in [7, 11) is 0. The van der Waals surface area contributed by atoms with Crippen LogP contribution in [0.5, 0.6) is 0 Å². The van der Waals surface area contributed by atoms with E-state index < -0.39 is 127 Å². The van der Waals surface area contributed by atoms with Crippen molar-refractivity contribution in [3.8, 4) is 0 Å². The van der Waals surface area contributed by atoms with E-state index in [2.05, 4.69) is 20.3 Å². The van der Waals surface area contributed by atoms with Crippen molar-refractivity contribution in [2.45, 2.75) is 147 Å². The highest BCUT2D eigenvalue weighted by Gasteiger charge is 2.46. The molecule has 17 atom stereocenters. The van der Waals surface area contributed by atoms with Gasteiger partial charge < -0.3 is 98.0 Å². The third-order valence-electron chi connectivity index (χ3n) is 10.6. The van der Waals surface area contributed by atoms with Crippen LogP contribution >= 0.6 is 35.3 Å². The molecule has 3 rings (SSSR count). The number of amides is 1. The standard InChI is InChI=1S/C37H67N7O17S3/c1-16(48)17(6-2-4-8-41-22(38)13-62-35-31(55)28(52)25(49)19(10-45)59-35)44-34(58)18(43-24(40)15-64-37-33(57)30(54)27(51)21(12-47)61-37)7-3-5-9-42-23(39)14-63-36-32(56)29(53)26(50)20(11-46)60-36/h17-21,25-33,35-37,45-47,49-57H,2-15H2,1H3,(H2,38,41)(H2,39,42)(H2,40,43)(H,44,58)/t17?,18-,19?,20?,21?,25?,26?,27?,28?,29?,30?,31?,32?,33?,35?,36?,37?/m1/s1. The first-order chi connectivity index (χ1) is 30.3. The van der Waals surface area contributed by atoms with Crippen LogP contribution in [0.2, 0.25) is 0 Å². The molecule has 16 unspecified atom stereocenters. The molecule has 0 aliphatic carbocycles. The molecule has 3 aliphatic heterocycles. The zero-order valence-electron chi connectivity index (χ0n) is 35.4. The zero-order chi connectivity index (χ0) is 47.7. The van der Waals surface area contributed by atoms with Crippen LogP contribution < -0.4 is 22.5 Å². The van der Waals surface area contributed by atoms with Crippen LogP contribution in [0.15, 0.2) is 15.0 Å². The first-order valence-electron chi connectivity index (χ1n) is 20.8. The van der Waals surface area contributed by atoms with Crippen molar-refractivity contribution in [3.63, 3.8) is 0 Å². The minimum Gasteiger partial charge on any atom is -0.394 e. The largest absolute Gasteiger partial charge is 0.394 e. The van der Waals surface area contributed by atoms with E-state index in [4.69, 9.17) is 31.4 Å². The number of rotatable bonds is 26. The van der Waals surface area contributed by atoms with Gasteiger partial charge in [0.05, 0.1) is 43.1 Å². The summed E-state index contributed by atoms with van der Waals surface area (Å²) in [5.41, 5.74) is 15.3. The summed E-state index contributed by atoms with van der Waals surface area (Å²) in [6.07, 6.45) is -14.6. The molecule has 64 heavy (non-hydrogen) atoms. The van der Waals surface area contributed by atoms with Gasteiger partial charge in [-0.15, -0.1) is 35.3 Å². The minimum atomic E-state index is -1.60. The van der Waals surface area contributed by atoms with Crippen LogP contribution in [0, 0.1) is 0 Å². The number of hydrogen-bond donors (Lipinski definition) is 16. The normalized spacial score (nSPS) is 35.2. The first kappa shape index (κ1) is 56.3. The summed E-state index contributed by atoms with van der Waals surface area (Å²) in [6.45, 7) is 0.0935. The zero-order valence-corrected chi connectivity index (χ0v) is 37.9. The second-order valence-corrected chi connectivity index (χ2v) is 18.8. The SMILES string of the molecule is CC(=O)C(CCCCN=C(N)CSC1OC(CO)C(O)C(O)C1O)NC(=O)[C@@H](CCCCN=C(N)CSC1OC(CO)C(O)C(O)C1O)N=C(N)CSC1OC(CO)C(O)C(O)C1O. The Morgan fingerprint density at radius 3 is 1.27 bits per heavy atom. The number of carbonyl (C=O) groups excluding carboxylic acids is 2. The Morgan fingerprint density at radius 2 is 0.906 bits per heavy atom. The highest BCUT2D eigenvalue weighted by atomic mass is 32.2. The maximum absolute atomic E-state index is 13.7. The molecular weight excluding hydrogens is 911 g/mol. The summed E-state index contributed by atoms with van der Waals surface area (Å²) in [5.74, 6) is -0.410. The number of Topliss-reactive ketones (excluding diaryl/α,β-unsaturated/α-hetero) is 1. The molecule has 0 bridgehead atoms. The number of unbranched alkanes of at least 4 members (excludes halogenated alkanes) is 2. The van der Waals surface area contributed by atoms with E-state index in [-0.39, 0.29) is 66.5 Å². The van der Waals surface area contributed by atoms with Gasteiger partial charge in [0.25, 0.3) is 0 Å². The van der Waals surface area contributed by atoms with E-state index in [1.165, 1.54) is 6.92 Å². The molecular formula is C37H67N7O17S3. The molecule has 0 aromatic carbocycles. The Balaban J connectivity index is 1.57. The van der Waals surface area contributed by atoms with Gasteiger partial charge in [-0.3, -0.25) is 24.6 Å². The van der Waals surface area contributed by atoms with Gasteiger partial charge >= 0.3 is 0 Å². The molecule has 0 spiro atoms. The highest BCUT2D eigenvalue weighted by Crippen LogP contribution is 2.31. The topological polar surface area (TPSA) is 432 Å². The fraction of sp³-hybridized carbons (Fsp3) is 0.865. The molecule has 3 saturated heterocycles. The van der Waals surface area contributed by atoms with E-state index in [1.807, 2.05) is 0 Å². The van der Waals surface area contributed by atoms with Gasteiger partial charge in [-0.1, -0.05) is 0 Å². The van der Waals surface area contributed by atoms with Crippen molar-refractivity contribution in [2.24, 2.45) is 32.2 Å². The van der Waals surface area contributed by atoms with Crippen molar-refractivity contribution >= 4 is 64.5 Å². The molecule has 0 aromatic rings. The fourth-order valence-corrected chi connectivity index (χ4v) is 9.70. The average molecular weight is 978 g/mol. The third-order valence-corrected chi connectivity index (χ3v) is 14.1. The maximum Gasteiger partial charge on any atom is 0.245 e. The lowest BCUT2D eigenvalue weighted by Crippen LogP contribution is -2.57. The summed E-state index contributed by atoms with van der Waals surface area (Å²) < 4.78 is 16.5. The van der Waals surface area contributed by atoms with Crippen molar-refractivity contribution < 1.29 is 85.1 Å². The molecule has 24 nitrogen and oxygen atoms in total. The number of aliphatic hydroxyl groups is 12. The molecule has 19 N–H and O–H groups in total. The summed E-state index contributed by atoms with van der Waals surface area (Å²) >= 11 is 3.00. The molecule has 1 amide bonds. The Bertz CT molecular complexity index is 1520. The molecule has 0 aromatic heterocycles. The molecule has 370 valence electrons. The minimum absolute atomic E-state index is 0.0332. The summed E-state index contributed by atoms with van der Waals surface area (Å²) in [4.78, 5) is 39.4. The first-order valence-corrected chi connectivity index (χ1v) is 24.0. The lowest BCUT2D eigenvalue weighted by atomic mass is 10.0. The van der Waals surface area contributed by atoms with Gasteiger partial charge in [0.2, 0.25) is 5.91 Å². The van der Waals surface area contributed by atoms with Gasteiger partial charge in [-0.05, 0) is 45.4 Å². The number of ether oxygens (including phenoxy) is 3. The monoisotopic (exact) mass is 977 g/mol. The van der Waals surface area contributed by atoms with Crippen molar-refractivity contribution in [1.82, 2.24) is 5.32 Å². The van der Waals surface area contributed by atoms with Crippen molar-refractivity contribution in [1.29, 1.82) is 0 Å². The van der Waals surface area contributed by atoms with Gasteiger partial charge in [-0.25, -0.2) is 0 Å². The number of aliphatic hydroxyl groups excluding tert-OH is 12. The van der Waals surface area contributed by atoms with E-state index in [1.54, 1.807) is 0 Å². The van der Waals surface area contributed by atoms with Gasteiger partial charge in [0.15, 0.2) is 5.78 Å². The molecule has 0 radical (unpaired) electrons. The number of nitrogens with one attached hydrogen (secondary N) is 1. The Labute approximate surface area is 383 Å². The number of ketones is 1. The van der Waals surface area contributed by atoms with E-state index in [0.717, 1.165) is 35.3 Å². The summed E-state index contributed by atoms with van der Waals surface area (Å²) in [6, 6.07) is -1.96. The van der Waals surface area contributed by atoms with E-state index in [0.29, 0.717) is 25.7 Å². The molecule has 3 heterocycles. The Morgan fingerprint density at radius 1 is 0.547 bits per heavy atom. The number of carbonyl (C=O) groups is 2. The summed E-state index contributed by atoms with van der Waals surface area (Å²) in [5, 5.41) is 122. The maximum atomic E-state index is 13.7. The van der Waals surface area contributed by atoms with Gasteiger partial charge in [0, 0.05) is 13.1 Å². The molecule has 0 saturated carbocycles. The Hall–Kier alpha value is -2.00. The predicted molar refractivity (Wildman–Crippen MR) is 237 cm³/mol. The van der Waals surface area contributed by atoms with Crippen LogP contribution in [0.4, 0.5) is 0 Å². The number of hydrogen-bond acceptors (Lipinski definition) is 23. The number of thioether (sulfide) groups is 3. The molecule has 27 heteroatoms. The third kappa shape index (κ3) is 17.0. The lowest BCUT2D eigenvalue weighted by Gasteiger charge is -2.39. The van der Waals surface area contributed by atoms with Crippen LogP contribution in [0.3, 0.4) is 0 Å². The Kier molecular flexibility index (Phi) is 25.0. The quantitative estimate of drug-likeness (QED) is 0.0218. The van der Waals surface area contributed by atoms with Crippen LogP contribution in [-0.2, 0) is 23.8 Å². The number of amidine groups is 3. The number of nitrogens with zero attached hydrogens (tertiary/aromatic N) is 3. The fourth-order valence-electron chi connectivity index (χ4n) is 6.70. The van der Waals surface area contributed by atoms with Crippen molar-refractivity contribution in [3.05, 3.63) is 0 Å². The molecule has 3 fully saturated rings. The number of nitrogens with two attached hydrogens (primary N) is 3. The smallest absolute Gasteiger partial charge is 0.245 e. The van der Waals surface area contributed by atoms with Crippen LogP contribution in [0.25, 0.3) is 0 Å². The van der Waals surface area contributed by atoms with Gasteiger partial charge in [0.1, 0.15) is 113 Å². The van der Waals surface area contributed by atoms with Crippen molar-refractivity contribution in [2.75, 3.05) is 50.2 Å².